The van der Waals surface area contributed by atoms with Gasteiger partial charge in [-0.3, -0.25) is 9.78 Å². The monoisotopic (exact) mass is 796 g/mol. The van der Waals surface area contributed by atoms with Gasteiger partial charge in [-0.05, 0) is 54.9 Å². The summed E-state index contributed by atoms with van der Waals surface area (Å²) in [5.41, 5.74) is 6.05. The Bertz CT molecular complexity index is 1790. The van der Waals surface area contributed by atoms with Gasteiger partial charge in [-0.2, -0.15) is 0 Å². The van der Waals surface area contributed by atoms with Crippen molar-refractivity contribution in [1.29, 1.82) is 0 Å². The number of aliphatic hydroxyl groups is 1. The molecule has 46 heavy (non-hydrogen) atoms. The molecule has 1 radical (unpaired) electrons. The van der Waals surface area contributed by atoms with Gasteiger partial charge in [0.1, 0.15) is 11.3 Å². The molecule has 0 unspecified atom stereocenters. The van der Waals surface area contributed by atoms with Crippen molar-refractivity contribution < 1.29 is 39.0 Å². The average Bonchev–Trinajstić information content (AvgIpc) is 3.50. The summed E-state index contributed by atoms with van der Waals surface area (Å²) in [5, 5.41) is 13.1. The van der Waals surface area contributed by atoms with Crippen molar-refractivity contribution in [3.05, 3.63) is 104 Å². The Balaban J connectivity index is 0.000000309. The smallest absolute Gasteiger partial charge is 0.162 e. The van der Waals surface area contributed by atoms with Crippen LogP contribution in [0.1, 0.15) is 79.7 Å². The Morgan fingerprint density at radius 2 is 1.67 bits per heavy atom. The SMILES string of the molecule is CCC(CC)C(=O)/C=C(\O)C(CC)CC.[CH2-][n+]1ccc(-c2cc3occc3cn2)cc1-c1[c-]c2ccccc2c(C(C)(C)C)c1.[Ir]. The first kappa shape index (κ1) is 36.7. The summed E-state index contributed by atoms with van der Waals surface area (Å²) in [6, 6.07) is 22.3. The fourth-order valence-corrected chi connectivity index (χ4v) is 5.70. The number of fused-ring (bicyclic) bond motifs is 2. The summed E-state index contributed by atoms with van der Waals surface area (Å²) in [7, 11) is 4.20. The minimum atomic E-state index is 0. The topological polar surface area (TPSA) is 67.2 Å². The molecule has 0 amide bonds. The number of carbonyl (C=O) groups excluding carboxylic acids is 1. The van der Waals surface area contributed by atoms with Gasteiger partial charge in [0, 0.05) is 62.7 Å². The Kier molecular flexibility index (Phi) is 12.9. The molecule has 2 aromatic carbocycles. The molecule has 0 bridgehead atoms. The van der Waals surface area contributed by atoms with E-state index in [1.807, 2.05) is 62.9 Å². The van der Waals surface area contributed by atoms with Crippen LogP contribution in [0.25, 0.3) is 44.3 Å². The van der Waals surface area contributed by atoms with Crippen molar-refractivity contribution >= 4 is 27.5 Å². The number of rotatable bonds is 9. The Morgan fingerprint density at radius 3 is 2.33 bits per heavy atom. The standard InChI is InChI=1S/C27H23N2O.C13H24O2.Ir/c1-27(2,3)23-14-21(13-18-7-5-6-8-22(18)23)25-15-19(9-11-29(25)4)24-16-26-20(17-28-24)10-12-30-26;1-5-10(6-2)12(14)9-13(15)11(7-3)8-4;/h5-12,14-17H,4H2,1-3H3;9-11,14H,5-8H2,1-4H3;/q-1;;/b;12-9-;. The van der Waals surface area contributed by atoms with Crippen LogP contribution in [-0.4, -0.2) is 15.9 Å². The molecule has 0 aliphatic rings. The van der Waals surface area contributed by atoms with Gasteiger partial charge in [-0.25, -0.2) is 0 Å². The number of furan rings is 1. The molecule has 245 valence electrons. The third kappa shape index (κ3) is 8.54. The van der Waals surface area contributed by atoms with Crippen LogP contribution in [0.15, 0.2) is 89.5 Å². The molecule has 3 aromatic heterocycles. The van der Waals surface area contributed by atoms with E-state index >= 15 is 0 Å². The van der Waals surface area contributed by atoms with Crippen LogP contribution in [0.3, 0.4) is 0 Å². The van der Waals surface area contributed by atoms with E-state index in [4.69, 9.17) is 4.42 Å². The maximum absolute atomic E-state index is 11.7. The van der Waals surface area contributed by atoms with Crippen LogP contribution in [0.5, 0.6) is 0 Å². The molecule has 5 nitrogen and oxygen atoms in total. The number of aromatic nitrogens is 2. The predicted molar refractivity (Wildman–Crippen MR) is 185 cm³/mol. The van der Waals surface area contributed by atoms with Gasteiger partial charge >= 0.3 is 0 Å². The Morgan fingerprint density at radius 1 is 1.00 bits per heavy atom. The fraction of sp³-hybridized carbons (Fsp3) is 0.350. The van der Waals surface area contributed by atoms with Crippen molar-refractivity contribution in [2.75, 3.05) is 0 Å². The first-order chi connectivity index (χ1) is 21.5. The molecule has 0 atom stereocenters. The first-order valence-corrected chi connectivity index (χ1v) is 16.1. The van der Waals surface area contributed by atoms with Crippen molar-refractivity contribution in [2.45, 2.75) is 79.6 Å². The number of aliphatic hydroxyl groups excluding tert-OH is 1. The first-order valence-electron chi connectivity index (χ1n) is 16.1. The van der Waals surface area contributed by atoms with E-state index in [1.165, 1.54) is 17.0 Å². The van der Waals surface area contributed by atoms with Crippen LogP contribution in [0, 0.1) is 24.9 Å². The van der Waals surface area contributed by atoms with Gasteiger partial charge in [-0.15, -0.1) is 29.1 Å². The van der Waals surface area contributed by atoms with Gasteiger partial charge in [0.05, 0.1) is 23.9 Å². The average molecular weight is 796 g/mol. The Labute approximate surface area is 288 Å². The zero-order valence-electron chi connectivity index (χ0n) is 28.2. The zero-order chi connectivity index (χ0) is 32.7. The molecule has 3 heterocycles. The van der Waals surface area contributed by atoms with E-state index in [2.05, 4.69) is 75.3 Å². The molecule has 0 saturated heterocycles. The van der Waals surface area contributed by atoms with Gasteiger partial charge in [0.15, 0.2) is 5.78 Å². The molecule has 1 N–H and O–H groups in total. The second kappa shape index (κ2) is 16.2. The molecule has 0 aliphatic carbocycles. The minimum Gasteiger partial charge on any atom is -0.512 e. The van der Waals surface area contributed by atoms with E-state index in [1.54, 1.807) is 6.26 Å². The fourth-order valence-electron chi connectivity index (χ4n) is 5.70. The number of allylic oxidation sites excluding steroid dienone is 2. The van der Waals surface area contributed by atoms with Gasteiger partial charge in [-0.1, -0.05) is 77.6 Å². The van der Waals surface area contributed by atoms with Gasteiger partial charge in [0.25, 0.3) is 0 Å². The zero-order valence-corrected chi connectivity index (χ0v) is 30.6. The maximum atomic E-state index is 11.7. The summed E-state index contributed by atoms with van der Waals surface area (Å²) >= 11 is 0. The molecule has 0 aliphatic heterocycles. The van der Waals surface area contributed by atoms with Crippen molar-refractivity contribution in [2.24, 2.45) is 11.8 Å². The number of ketones is 1. The van der Waals surface area contributed by atoms with Crippen molar-refractivity contribution in [3.63, 3.8) is 0 Å². The van der Waals surface area contributed by atoms with Crippen LogP contribution < -0.4 is 4.57 Å². The van der Waals surface area contributed by atoms with E-state index in [0.29, 0.717) is 0 Å². The van der Waals surface area contributed by atoms with E-state index in [9.17, 15) is 9.90 Å². The number of hydrogen-bond acceptors (Lipinski definition) is 4. The van der Waals surface area contributed by atoms with E-state index in [-0.39, 0.29) is 48.9 Å². The molecule has 6 heteroatoms. The minimum absolute atomic E-state index is 0. The van der Waals surface area contributed by atoms with Crippen molar-refractivity contribution in [1.82, 2.24) is 4.98 Å². The van der Waals surface area contributed by atoms with E-state index in [0.717, 1.165) is 64.6 Å². The van der Waals surface area contributed by atoms with Gasteiger partial charge < -0.3 is 14.1 Å². The second-order valence-corrected chi connectivity index (χ2v) is 12.7. The summed E-state index contributed by atoms with van der Waals surface area (Å²) in [5.74, 6) is 0.547. The molecular formula is C40H47IrN2O3-. The van der Waals surface area contributed by atoms with Crippen molar-refractivity contribution in [3.8, 4) is 22.5 Å². The molecule has 0 fully saturated rings. The molecule has 0 spiro atoms. The number of carbonyl (C=O) groups is 1. The van der Waals surface area contributed by atoms with Crippen LogP contribution in [-0.2, 0) is 30.3 Å². The number of nitrogens with zero attached hydrogens (tertiary/aromatic N) is 2. The largest absolute Gasteiger partial charge is 0.512 e. The third-order valence-electron chi connectivity index (χ3n) is 8.61. The summed E-state index contributed by atoms with van der Waals surface area (Å²) in [4.78, 5) is 16.3. The maximum Gasteiger partial charge on any atom is 0.162 e. The predicted octanol–water partition coefficient (Wildman–Crippen LogP) is 10.2. The van der Waals surface area contributed by atoms with Crippen LogP contribution in [0.4, 0.5) is 0 Å². The number of hydrogen-bond donors (Lipinski definition) is 1. The molecule has 5 rings (SSSR count). The third-order valence-corrected chi connectivity index (χ3v) is 8.61. The number of benzene rings is 2. The van der Waals surface area contributed by atoms with Gasteiger partial charge in [0.2, 0.25) is 0 Å². The van der Waals surface area contributed by atoms with Crippen LogP contribution in [0.2, 0.25) is 0 Å². The summed E-state index contributed by atoms with van der Waals surface area (Å²) in [6.45, 7) is 14.8. The number of pyridine rings is 2. The molecular weight excluding hydrogens is 749 g/mol. The summed E-state index contributed by atoms with van der Waals surface area (Å²) < 4.78 is 7.45. The quantitative estimate of drug-likeness (QED) is 0.0699. The normalized spacial score (nSPS) is 11.9. The van der Waals surface area contributed by atoms with Crippen LogP contribution >= 0.6 is 0 Å². The summed E-state index contributed by atoms with van der Waals surface area (Å²) in [6.07, 6.45) is 10.4. The molecule has 0 saturated carbocycles. The Hall–Kier alpha value is -3.73. The van der Waals surface area contributed by atoms with E-state index < -0.39 is 0 Å². The molecule has 5 aromatic rings. The second-order valence-electron chi connectivity index (χ2n) is 12.7.